The molecule has 1 heterocycles. The summed E-state index contributed by atoms with van der Waals surface area (Å²) in [5.41, 5.74) is 2.11. The third kappa shape index (κ3) is 2.76. The van der Waals surface area contributed by atoms with Crippen LogP contribution >= 0.6 is 0 Å². The van der Waals surface area contributed by atoms with E-state index in [0.717, 1.165) is 0 Å². The first-order chi connectivity index (χ1) is 10.7. The average Bonchev–Trinajstić information content (AvgIpc) is 2.91. The molecule has 112 valence electrons. The van der Waals surface area contributed by atoms with Gasteiger partial charge >= 0.3 is 5.97 Å². The number of aromatic amines is 1. The lowest BCUT2D eigenvalue weighted by molar-refractivity contribution is 0.0526. The van der Waals surface area contributed by atoms with Gasteiger partial charge in [0.25, 0.3) is 0 Å². The maximum absolute atomic E-state index is 13.6. The normalized spacial score (nSPS) is 10.6. The van der Waals surface area contributed by atoms with E-state index in [0.29, 0.717) is 34.8 Å². The van der Waals surface area contributed by atoms with Crippen LogP contribution in [-0.2, 0) is 4.74 Å². The molecule has 0 aliphatic rings. The van der Waals surface area contributed by atoms with Crippen LogP contribution in [-0.4, -0.2) is 22.5 Å². The number of rotatable bonds is 4. The van der Waals surface area contributed by atoms with Crippen molar-refractivity contribution in [1.29, 1.82) is 0 Å². The van der Waals surface area contributed by atoms with E-state index in [-0.39, 0.29) is 11.8 Å². The molecule has 0 amide bonds. The number of aromatic nitrogens is 2. The van der Waals surface area contributed by atoms with Gasteiger partial charge < -0.3 is 15.0 Å². The van der Waals surface area contributed by atoms with Crippen molar-refractivity contribution in [3.05, 3.63) is 53.8 Å². The van der Waals surface area contributed by atoms with Crippen LogP contribution in [0, 0.1) is 5.82 Å². The smallest absolute Gasteiger partial charge is 0.338 e. The number of hydrogen-bond donors (Lipinski definition) is 2. The minimum Gasteiger partial charge on any atom is -0.462 e. The van der Waals surface area contributed by atoms with Gasteiger partial charge in [0.05, 0.1) is 28.9 Å². The fourth-order valence-electron chi connectivity index (χ4n) is 2.10. The Hall–Kier alpha value is -2.89. The van der Waals surface area contributed by atoms with E-state index in [2.05, 4.69) is 15.3 Å². The fraction of sp³-hybridized carbons (Fsp3) is 0.125. The van der Waals surface area contributed by atoms with Gasteiger partial charge in [-0.15, -0.1) is 0 Å². The number of benzene rings is 2. The molecule has 0 aliphatic heterocycles. The summed E-state index contributed by atoms with van der Waals surface area (Å²) in [7, 11) is 0. The predicted molar refractivity (Wildman–Crippen MR) is 81.7 cm³/mol. The summed E-state index contributed by atoms with van der Waals surface area (Å²) >= 11 is 0. The maximum atomic E-state index is 13.6. The van der Waals surface area contributed by atoms with E-state index in [1.165, 1.54) is 6.07 Å². The SMILES string of the molecule is CCOC(=O)c1ccc2nc(Nc3ccccc3F)[nH]c2c1. The summed E-state index contributed by atoms with van der Waals surface area (Å²) < 4.78 is 18.6. The second-order valence-electron chi connectivity index (χ2n) is 4.64. The lowest BCUT2D eigenvalue weighted by Crippen LogP contribution is -2.04. The summed E-state index contributed by atoms with van der Waals surface area (Å²) in [6.45, 7) is 2.07. The van der Waals surface area contributed by atoms with Crippen molar-refractivity contribution in [2.24, 2.45) is 0 Å². The molecule has 0 bridgehead atoms. The van der Waals surface area contributed by atoms with E-state index in [1.54, 1.807) is 43.3 Å². The molecule has 3 rings (SSSR count). The highest BCUT2D eigenvalue weighted by Crippen LogP contribution is 2.21. The molecule has 5 nitrogen and oxygen atoms in total. The molecule has 1 aromatic heterocycles. The molecule has 22 heavy (non-hydrogen) atoms. The Morgan fingerprint density at radius 3 is 2.91 bits per heavy atom. The van der Waals surface area contributed by atoms with Gasteiger partial charge in [-0.25, -0.2) is 14.2 Å². The van der Waals surface area contributed by atoms with Gasteiger partial charge in [0, 0.05) is 0 Å². The minimum atomic E-state index is -0.386. The molecule has 2 aromatic carbocycles. The fourth-order valence-corrected chi connectivity index (χ4v) is 2.10. The van der Waals surface area contributed by atoms with E-state index in [9.17, 15) is 9.18 Å². The van der Waals surface area contributed by atoms with Crippen LogP contribution in [0.25, 0.3) is 11.0 Å². The number of carbonyl (C=O) groups excluding carboxylic acids is 1. The van der Waals surface area contributed by atoms with E-state index in [4.69, 9.17) is 4.74 Å². The molecule has 0 saturated heterocycles. The minimum absolute atomic E-state index is 0.319. The number of anilines is 2. The molecule has 0 radical (unpaired) electrons. The number of nitrogens with zero attached hydrogens (tertiary/aromatic N) is 1. The van der Waals surface area contributed by atoms with Gasteiger partial charge in [-0.05, 0) is 37.3 Å². The topological polar surface area (TPSA) is 67.0 Å². The van der Waals surface area contributed by atoms with Crippen molar-refractivity contribution in [2.75, 3.05) is 11.9 Å². The van der Waals surface area contributed by atoms with Crippen molar-refractivity contribution >= 4 is 28.6 Å². The highest BCUT2D eigenvalue weighted by Gasteiger charge is 2.10. The molecule has 0 atom stereocenters. The van der Waals surface area contributed by atoms with Crippen LogP contribution in [0.15, 0.2) is 42.5 Å². The van der Waals surface area contributed by atoms with Crippen LogP contribution in [0.4, 0.5) is 16.0 Å². The number of carbonyl (C=O) groups is 1. The molecule has 3 aromatic rings. The average molecular weight is 299 g/mol. The summed E-state index contributed by atoms with van der Waals surface area (Å²) in [6.07, 6.45) is 0. The maximum Gasteiger partial charge on any atom is 0.338 e. The molecule has 0 saturated carbocycles. The van der Waals surface area contributed by atoms with Gasteiger partial charge in [0.2, 0.25) is 5.95 Å². The Morgan fingerprint density at radius 2 is 2.14 bits per heavy atom. The lowest BCUT2D eigenvalue weighted by Gasteiger charge is -2.02. The highest BCUT2D eigenvalue weighted by atomic mass is 19.1. The first-order valence-electron chi connectivity index (χ1n) is 6.86. The van der Waals surface area contributed by atoms with Gasteiger partial charge in [0.1, 0.15) is 5.82 Å². The molecule has 0 unspecified atom stereocenters. The van der Waals surface area contributed by atoms with Crippen LogP contribution in [0.5, 0.6) is 0 Å². The number of nitrogens with one attached hydrogen (secondary N) is 2. The zero-order chi connectivity index (χ0) is 15.5. The largest absolute Gasteiger partial charge is 0.462 e. The second kappa shape index (κ2) is 5.85. The van der Waals surface area contributed by atoms with Crippen molar-refractivity contribution in [3.8, 4) is 0 Å². The monoisotopic (exact) mass is 299 g/mol. The number of H-pyrrole nitrogens is 1. The molecule has 0 fully saturated rings. The van der Waals surface area contributed by atoms with Crippen molar-refractivity contribution in [1.82, 2.24) is 9.97 Å². The number of imidazole rings is 1. The van der Waals surface area contributed by atoms with Crippen molar-refractivity contribution in [2.45, 2.75) is 6.92 Å². The standard InChI is InChI=1S/C16H14FN3O2/c1-2-22-15(21)10-7-8-13-14(9-10)20-16(19-13)18-12-6-4-3-5-11(12)17/h3-9H,2H2,1H3,(H2,18,19,20). The van der Waals surface area contributed by atoms with Crippen molar-refractivity contribution < 1.29 is 13.9 Å². The van der Waals surface area contributed by atoms with Crippen molar-refractivity contribution in [3.63, 3.8) is 0 Å². The van der Waals surface area contributed by atoms with Gasteiger partial charge in [-0.2, -0.15) is 0 Å². The zero-order valence-corrected chi connectivity index (χ0v) is 11.9. The van der Waals surface area contributed by atoms with Crippen LogP contribution in [0.3, 0.4) is 0 Å². The Bertz CT molecular complexity index is 829. The first-order valence-corrected chi connectivity index (χ1v) is 6.86. The van der Waals surface area contributed by atoms with Gasteiger partial charge in [-0.1, -0.05) is 12.1 Å². The zero-order valence-electron chi connectivity index (χ0n) is 11.9. The molecule has 0 aliphatic carbocycles. The molecular weight excluding hydrogens is 285 g/mol. The number of halogens is 1. The summed E-state index contributed by atoms with van der Waals surface area (Å²) in [4.78, 5) is 19.0. The second-order valence-corrected chi connectivity index (χ2v) is 4.64. The lowest BCUT2D eigenvalue weighted by atomic mass is 10.2. The summed E-state index contributed by atoms with van der Waals surface area (Å²) in [5.74, 6) is -0.348. The molecule has 2 N–H and O–H groups in total. The first kappa shape index (κ1) is 14.1. The number of esters is 1. The molecule has 0 spiro atoms. The van der Waals surface area contributed by atoms with Crippen LogP contribution < -0.4 is 5.32 Å². The van der Waals surface area contributed by atoms with Gasteiger partial charge in [0.15, 0.2) is 0 Å². The van der Waals surface area contributed by atoms with Gasteiger partial charge in [-0.3, -0.25) is 0 Å². The molecular formula is C16H14FN3O2. The number of hydrogen-bond acceptors (Lipinski definition) is 4. The van der Waals surface area contributed by atoms with E-state index < -0.39 is 0 Å². The summed E-state index contributed by atoms with van der Waals surface area (Å²) in [5, 5.41) is 2.88. The number of ether oxygens (including phenoxy) is 1. The van der Waals surface area contributed by atoms with E-state index in [1.807, 2.05) is 0 Å². The Labute approximate surface area is 126 Å². The van der Waals surface area contributed by atoms with E-state index >= 15 is 0 Å². The Morgan fingerprint density at radius 1 is 1.32 bits per heavy atom. The Balaban J connectivity index is 1.90. The quantitative estimate of drug-likeness (QED) is 0.722. The van der Waals surface area contributed by atoms with Crippen LogP contribution in [0.2, 0.25) is 0 Å². The number of fused-ring (bicyclic) bond motifs is 1. The highest BCUT2D eigenvalue weighted by molar-refractivity contribution is 5.94. The molecule has 6 heteroatoms. The number of para-hydroxylation sites is 1. The third-order valence-corrected chi connectivity index (χ3v) is 3.12. The Kier molecular flexibility index (Phi) is 3.74. The third-order valence-electron chi connectivity index (χ3n) is 3.12. The predicted octanol–water partition coefficient (Wildman–Crippen LogP) is 3.62. The summed E-state index contributed by atoms with van der Waals surface area (Å²) in [6, 6.07) is 11.3. The van der Waals surface area contributed by atoms with Crippen LogP contribution in [0.1, 0.15) is 17.3 Å².